The fourth-order valence-corrected chi connectivity index (χ4v) is 2.20. The van der Waals surface area contributed by atoms with E-state index in [-0.39, 0.29) is 5.82 Å². The molecule has 1 unspecified atom stereocenters. The Morgan fingerprint density at radius 3 is 2.62 bits per heavy atom. The molecule has 2 nitrogen and oxygen atoms in total. The number of hydrogen-bond acceptors (Lipinski definition) is 2. The van der Waals surface area contributed by atoms with Crippen molar-refractivity contribution in [2.45, 2.75) is 25.3 Å². The maximum Gasteiger partial charge on any atom is 0.124 e. The van der Waals surface area contributed by atoms with Crippen molar-refractivity contribution < 1.29 is 9.13 Å². The average molecular weight is 290 g/mol. The first kappa shape index (κ1) is 13.6. The summed E-state index contributed by atoms with van der Waals surface area (Å²) in [5, 5.41) is 0. The van der Waals surface area contributed by atoms with Crippen LogP contribution >= 0.6 is 15.9 Å². The molecule has 90 valence electrons. The lowest BCUT2D eigenvalue weighted by Gasteiger charge is -2.27. The summed E-state index contributed by atoms with van der Waals surface area (Å²) < 4.78 is 19.0. The van der Waals surface area contributed by atoms with E-state index in [1.54, 1.807) is 7.11 Å². The van der Waals surface area contributed by atoms with E-state index in [4.69, 9.17) is 10.5 Å². The molecule has 1 rings (SSSR count). The van der Waals surface area contributed by atoms with E-state index in [9.17, 15) is 4.39 Å². The van der Waals surface area contributed by atoms with Crippen molar-refractivity contribution in [2.24, 2.45) is 5.73 Å². The van der Waals surface area contributed by atoms with Crippen LogP contribution in [0, 0.1) is 5.82 Å². The number of halogens is 2. The molecule has 16 heavy (non-hydrogen) atoms. The number of rotatable bonds is 5. The summed E-state index contributed by atoms with van der Waals surface area (Å²) in [5.41, 5.74) is 6.63. The lowest BCUT2D eigenvalue weighted by molar-refractivity contribution is 0.129. The molecule has 1 aromatic rings. The van der Waals surface area contributed by atoms with Gasteiger partial charge < -0.3 is 10.5 Å². The van der Waals surface area contributed by atoms with E-state index < -0.39 is 5.54 Å². The van der Waals surface area contributed by atoms with Gasteiger partial charge in [0.2, 0.25) is 0 Å². The second-order valence-electron chi connectivity index (χ2n) is 4.10. The van der Waals surface area contributed by atoms with E-state index in [0.29, 0.717) is 13.0 Å². The van der Waals surface area contributed by atoms with Gasteiger partial charge >= 0.3 is 0 Å². The molecular formula is C12H17BrFNO. The molecule has 0 aliphatic heterocycles. The van der Waals surface area contributed by atoms with E-state index in [2.05, 4.69) is 15.9 Å². The fourth-order valence-electron chi connectivity index (χ4n) is 1.69. The second kappa shape index (κ2) is 5.75. The van der Waals surface area contributed by atoms with Crippen LogP contribution in [-0.2, 0) is 11.2 Å². The predicted molar refractivity (Wildman–Crippen MR) is 66.9 cm³/mol. The Hall–Kier alpha value is -0.450. The van der Waals surface area contributed by atoms with Gasteiger partial charge in [0.1, 0.15) is 5.82 Å². The highest BCUT2D eigenvalue weighted by Crippen LogP contribution is 2.20. The predicted octanol–water partition coefficient (Wildman–Crippen LogP) is 2.88. The maximum absolute atomic E-state index is 13.2. The number of hydrogen-bond donors (Lipinski definition) is 1. The fraction of sp³-hybridized carbons (Fsp3) is 0.500. The van der Waals surface area contributed by atoms with Crippen LogP contribution in [-0.4, -0.2) is 19.3 Å². The molecule has 0 saturated heterocycles. The van der Waals surface area contributed by atoms with Crippen molar-refractivity contribution in [1.29, 1.82) is 0 Å². The van der Waals surface area contributed by atoms with Gasteiger partial charge in [-0.3, -0.25) is 0 Å². The van der Waals surface area contributed by atoms with E-state index >= 15 is 0 Å². The molecule has 0 spiro atoms. The number of methoxy groups -OCH3 is 1. The Labute approximate surface area is 104 Å². The van der Waals surface area contributed by atoms with Gasteiger partial charge in [-0.15, -0.1) is 0 Å². The molecule has 0 aromatic heterocycles. The molecule has 0 heterocycles. The minimum Gasteiger partial charge on any atom is -0.383 e. The standard InChI is InChI=1S/C12H17BrFNO/c1-3-12(15,8-16-2)7-9-4-10(13)6-11(14)5-9/h4-6H,3,7-8,15H2,1-2H3. The topological polar surface area (TPSA) is 35.2 Å². The van der Waals surface area contributed by atoms with Gasteiger partial charge in [0.15, 0.2) is 0 Å². The van der Waals surface area contributed by atoms with E-state index in [0.717, 1.165) is 16.5 Å². The zero-order chi connectivity index (χ0) is 12.2. The van der Waals surface area contributed by atoms with Crippen molar-refractivity contribution in [1.82, 2.24) is 0 Å². The highest BCUT2D eigenvalue weighted by Gasteiger charge is 2.23. The normalized spacial score (nSPS) is 14.8. The molecule has 1 aromatic carbocycles. The number of ether oxygens (including phenoxy) is 1. The Kier molecular flexibility index (Phi) is 4.89. The SMILES string of the molecule is CCC(N)(COC)Cc1cc(F)cc(Br)c1. The van der Waals surface area contributed by atoms with Crippen LogP contribution in [0.5, 0.6) is 0 Å². The third-order valence-electron chi connectivity index (χ3n) is 2.61. The summed E-state index contributed by atoms with van der Waals surface area (Å²) in [6, 6.07) is 4.83. The first-order chi connectivity index (χ1) is 7.49. The maximum atomic E-state index is 13.2. The minimum atomic E-state index is -0.429. The smallest absolute Gasteiger partial charge is 0.124 e. The molecule has 0 aliphatic rings. The van der Waals surface area contributed by atoms with E-state index in [1.165, 1.54) is 12.1 Å². The molecule has 0 saturated carbocycles. The summed E-state index contributed by atoms with van der Waals surface area (Å²) in [7, 11) is 1.62. The molecule has 0 radical (unpaired) electrons. The summed E-state index contributed by atoms with van der Waals surface area (Å²) in [4.78, 5) is 0. The highest BCUT2D eigenvalue weighted by molar-refractivity contribution is 9.10. The molecule has 4 heteroatoms. The molecule has 0 bridgehead atoms. The zero-order valence-electron chi connectivity index (χ0n) is 9.59. The highest BCUT2D eigenvalue weighted by atomic mass is 79.9. The van der Waals surface area contributed by atoms with Gasteiger partial charge in [0, 0.05) is 17.1 Å². The number of benzene rings is 1. The van der Waals surface area contributed by atoms with Crippen molar-refractivity contribution in [3.8, 4) is 0 Å². The minimum absolute atomic E-state index is 0.250. The van der Waals surface area contributed by atoms with Crippen LogP contribution in [0.4, 0.5) is 4.39 Å². The molecule has 0 amide bonds. The van der Waals surface area contributed by atoms with Crippen molar-refractivity contribution in [3.05, 3.63) is 34.1 Å². The quantitative estimate of drug-likeness (QED) is 0.905. The van der Waals surface area contributed by atoms with Gasteiger partial charge in [0.25, 0.3) is 0 Å². The Morgan fingerprint density at radius 2 is 2.12 bits per heavy atom. The molecule has 2 N–H and O–H groups in total. The van der Waals surface area contributed by atoms with Crippen molar-refractivity contribution in [2.75, 3.05) is 13.7 Å². The lowest BCUT2D eigenvalue weighted by atomic mass is 9.90. The Balaban J connectivity index is 2.85. The van der Waals surface area contributed by atoms with E-state index in [1.807, 2.05) is 13.0 Å². The second-order valence-corrected chi connectivity index (χ2v) is 5.02. The van der Waals surface area contributed by atoms with Crippen LogP contribution in [0.1, 0.15) is 18.9 Å². The summed E-state index contributed by atoms with van der Waals surface area (Å²) >= 11 is 3.27. The summed E-state index contributed by atoms with van der Waals surface area (Å²) in [5.74, 6) is -0.250. The first-order valence-corrected chi connectivity index (χ1v) is 6.01. The summed E-state index contributed by atoms with van der Waals surface area (Å²) in [6.07, 6.45) is 1.39. The molecular weight excluding hydrogens is 273 g/mol. The van der Waals surface area contributed by atoms with Crippen LogP contribution in [0.25, 0.3) is 0 Å². The van der Waals surface area contributed by atoms with Gasteiger partial charge in [-0.2, -0.15) is 0 Å². The molecule has 0 aliphatic carbocycles. The van der Waals surface area contributed by atoms with Crippen LogP contribution in [0.3, 0.4) is 0 Å². The largest absolute Gasteiger partial charge is 0.383 e. The van der Waals surface area contributed by atoms with Crippen LogP contribution < -0.4 is 5.73 Å². The zero-order valence-corrected chi connectivity index (χ0v) is 11.2. The Bertz CT molecular complexity index is 339. The summed E-state index contributed by atoms with van der Waals surface area (Å²) in [6.45, 7) is 2.48. The molecule has 0 fully saturated rings. The van der Waals surface area contributed by atoms with Crippen molar-refractivity contribution >= 4 is 15.9 Å². The van der Waals surface area contributed by atoms with Gasteiger partial charge in [-0.05, 0) is 36.6 Å². The Morgan fingerprint density at radius 1 is 1.44 bits per heavy atom. The average Bonchev–Trinajstić information content (AvgIpc) is 2.16. The van der Waals surface area contributed by atoms with Gasteiger partial charge in [0.05, 0.1) is 6.61 Å². The van der Waals surface area contributed by atoms with Gasteiger partial charge in [-0.25, -0.2) is 4.39 Å². The number of nitrogens with two attached hydrogens (primary N) is 1. The molecule has 1 atom stereocenters. The third kappa shape index (κ3) is 3.85. The van der Waals surface area contributed by atoms with Crippen LogP contribution in [0.15, 0.2) is 22.7 Å². The first-order valence-electron chi connectivity index (χ1n) is 5.22. The lowest BCUT2D eigenvalue weighted by Crippen LogP contribution is -2.45. The van der Waals surface area contributed by atoms with Gasteiger partial charge in [-0.1, -0.05) is 22.9 Å². The van der Waals surface area contributed by atoms with Crippen LogP contribution in [0.2, 0.25) is 0 Å². The monoisotopic (exact) mass is 289 g/mol. The van der Waals surface area contributed by atoms with Crippen molar-refractivity contribution in [3.63, 3.8) is 0 Å². The third-order valence-corrected chi connectivity index (χ3v) is 3.07.